The van der Waals surface area contributed by atoms with Gasteiger partial charge in [0.2, 0.25) is 11.8 Å². The Kier molecular flexibility index (Phi) is 3.40. The number of hydrogen-bond acceptors (Lipinski definition) is 3. The molecule has 3 aliphatic rings. The van der Waals surface area contributed by atoms with E-state index in [2.05, 4.69) is 28.4 Å². The molecule has 116 valence electrons. The van der Waals surface area contributed by atoms with E-state index in [0.717, 1.165) is 13.0 Å². The summed E-state index contributed by atoms with van der Waals surface area (Å²) in [7, 11) is 0. The fourth-order valence-electron chi connectivity index (χ4n) is 4.41. The Bertz CT molecular complexity index is 620. The van der Waals surface area contributed by atoms with Crippen LogP contribution < -0.4 is 10.2 Å². The van der Waals surface area contributed by atoms with Crippen molar-refractivity contribution in [3.8, 4) is 0 Å². The van der Waals surface area contributed by atoms with Gasteiger partial charge in [-0.1, -0.05) is 25.0 Å². The van der Waals surface area contributed by atoms with Gasteiger partial charge in [0.05, 0.1) is 0 Å². The number of benzene rings is 1. The summed E-state index contributed by atoms with van der Waals surface area (Å²) in [5.74, 6) is 0.437. The standard InChI is InChI=1S/C18H22N2O2/c21-17-9-8-16(18(22)19-17)20-11-10-14-13(6-3-7-15(14)20)12-4-1-2-5-12/h3,6-7,12,16H,1-2,4-5,8-11H2,(H,19,21,22). The molecular formula is C18H22N2O2. The molecule has 2 heterocycles. The molecular weight excluding hydrogens is 276 g/mol. The van der Waals surface area contributed by atoms with Crippen molar-refractivity contribution in [2.75, 3.05) is 11.4 Å². The van der Waals surface area contributed by atoms with Gasteiger partial charge in [-0.2, -0.15) is 0 Å². The first-order chi connectivity index (χ1) is 10.7. The van der Waals surface area contributed by atoms with Gasteiger partial charge in [-0.25, -0.2) is 0 Å². The highest BCUT2D eigenvalue weighted by Gasteiger charge is 2.36. The predicted molar refractivity (Wildman–Crippen MR) is 84.9 cm³/mol. The van der Waals surface area contributed by atoms with Gasteiger partial charge in [-0.05, 0) is 48.8 Å². The maximum absolute atomic E-state index is 12.2. The zero-order valence-electron chi connectivity index (χ0n) is 12.8. The van der Waals surface area contributed by atoms with Crippen LogP contribution in [0.1, 0.15) is 55.6 Å². The van der Waals surface area contributed by atoms with Crippen molar-refractivity contribution >= 4 is 17.5 Å². The summed E-state index contributed by atoms with van der Waals surface area (Å²) in [6.07, 6.45) is 7.39. The second kappa shape index (κ2) is 5.41. The number of rotatable bonds is 2. The van der Waals surface area contributed by atoms with Crippen LogP contribution in [0.15, 0.2) is 18.2 Å². The second-order valence-electron chi connectivity index (χ2n) is 6.74. The minimum atomic E-state index is -0.183. The Balaban J connectivity index is 1.64. The Labute approximate surface area is 130 Å². The number of anilines is 1. The van der Waals surface area contributed by atoms with Crippen LogP contribution in [-0.4, -0.2) is 24.4 Å². The van der Waals surface area contributed by atoms with Gasteiger partial charge in [0.15, 0.2) is 0 Å². The number of imide groups is 1. The minimum absolute atomic E-state index is 0.129. The minimum Gasteiger partial charge on any atom is -0.359 e. The van der Waals surface area contributed by atoms with Crippen LogP contribution in [0, 0.1) is 0 Å². The summed E-state index contributed by atoms with van der Waals surface area (Å²) in [4.78, 5) is 25.7. The van der Waals surface area contributed by atoms with Crippen molar-refractivity contribution in [1.29, 1.82) is 0 Å². The number of carbonyl (C=O) groups excluding carboxylic acids is 2. The van der Waals surface area contributed by atoms with Crippen molar-refractivity contribution in [2.45, 2.75) is 56.9 Å². The number of nitrogens with zero attached hydrogens (tertiary/aromatic N) is 1. The first-order valence-corrected chi connectivity index (χ1v) is 8.46. The highest BCUT2D eigenvalue weighted by Crippen LogP contribution is 2.41. The molecule has 1 unspecified atom stereocenters. The molecule has 1 aromatic carbocycles. The SMILES string of the molecule is O=C1CCC(N2CCc3c(C4CCCC4)cccc32)C(=O)N1. The van der Waals surface area contributed by atoms with Gasteiger partial charge in [0.25, 0.3) is 0 Å². The molecule has 22 heavy (non-hydrogen) atoms. The molecule has 2 aliphatic heterocycles. The van der Waals surface area contributed by atoms with Crippen LogP contribution in [0.5, 0.6) is 0 Å². The van der Waals surface area contributed by atoms with Crippen LogP contribution >= 0.6 is 0 Å². The van der Waals surface area contributed by atoms with Crippen molar-refractivity contribution in [3.63, 3.8) is 0 Å². The number of nitrogens with one attached hydrogen (secondary N) is 1. The maximum Gasteiger partial charge on any atom is 0.249 e. The lowest BCUT2D eigenvalue weighted by Gasteiger charge is -2.31. The van der Waals surface area contributed by atoms with Gasteiger partial charge in [0.1, 0.15) is 6.04 Å². The molecule has 0 bridgehead atoms. The van der Waals surface area contributed by atoms with Crippen molar-refractivity contribution < 1.29 is 9.59 Å². The Morgan fingerprint density at radius 1 is 1.05 bits per heavy atom. The third-order valence-electron chi connectivity index (χ3n) is 5.48. The lowest BCUT2D eigenvalue weighted by molar-refractivity contribution is -0.134. The normalized spacial score (nSPS) is 25.5. The van der Waals surface area contributed by atoms with Crippen LogP contribution in [0.2, 0.25) is 0 Å². The molecule has 1 N–H and O–H groups in total. The Morgan fingerprint density at radius 3 is 2.64 bits per heavy atom. The van der Waals surface area contributed by atoms with Gasteiger partial charge in [-0.15, -0.1) is 0 Å². The number of hydrogen-bond donors (Lipinski definition) is 1. The molecule has 0 radical (unpaired) electrons. The van der Waals surface area contributed by atoms with Crippen LogP contribution in [0.25, 0.3) is 0 Å². The highest BCUT2D eigenvalue weighted by atomic mass is 16.2. The van der Waals surface area contributed by atoms with E-state index < -0.39 is 0 Å². The molecule has 1 saturated heterocycles. The lowest BCUT2D eigenvalue weighted by atomic mass is 9.91. The first kappa shape index (κ1) is 13.8. The zero-order valence-corrected chi connectivity index (χ0v) is 12.8. The molecule has 1 aromatic rings. The third kappa shape index (κ3) is 2.21. The smallest absolute Gasteiger partial charge is 0.249 e. The molecule has 1 saturated carbocycles. The topological polar surface area (TPSA) is 49.4 Å². The molecule has 0 aromatic heterocycles. The fraction of sp³-hybridized carbons (Fsp3) is 0.556. The van der Waals surface area contributed by atoms with Gasteiger partial charge >= 0.3 is 0 Å². The van der Waals surface area contributed by atoms with Gasteiger partial charge < -0.3 is 4.90 Å². The first-order valence-electron chi connectivity index (χ1n) is 8.46. The molecule has 4 rings (SSSR count). The lowest BCUT2D eigenvalue weighted by Crippen LogP contribution is -2.52. The highest BCUT2D eigenvalue weighted by molar-refractivity contribution is 6.02. The zero-order chi connectivity index (χ0) is 15.1. The molecule has 1 atom stereocenters. The molecule has 4 nitrogen and oxygen atoms in total. The number of piperidine rings is 1. The van der Waals surface area contributed by atoms with Crippen LogP contribution in [0.3, 0.4) is 0 Å². The van der Waals surface area contributed by atoms with E-state index in [1.807, 2.05) is 0 Å². The van der Waals surface area contributed by atoms with E-state index >= 15 is 0 Å². The van der Waals surface area contributed by atoms with Crippen molar-refractivity contribution in [2.24, 2.45) is 0 Å². The Hall–Kier alpha value is -1.84. The van der Waals surface area contributed by atoms with Crippen LogP contribution in [-0.2, 0) is 16.0 Å². The third-order valence-corrected chi connectivity index (χ3v) is 5.48. The van der Waals surface area contributed by atoms with Crippen molar-refractivity contribution in [1.82, 2.24) is 5.32 Å². The second-order valence-corrected chi connectivity index (χ2v) is 6.74. The molecule has 2 fully saturated rings. The molecule has 2 amide bonds. The quantitative estimate of drug-likeness (QED) is 0.854. The summed E-state index contributed by atoms with van der Waals surface area (Å²) >= 11 is 0. The van der Waals surface area contributed by atoms with E-state index in [0.29, 0.717) is 18.8 Å². The predicted octanol–water partition coefficient (Wildman–Crippen LogP) is 2.51. The average Bonchev–Trinajstić information content (AvgIpc) is 3.16. The molecule has 1 aliphatic carbocycles. The fourth-order valence-corrected chi connectivity index (χ4v) is 4.41. The summed E-state index contributed by atoms with van der Waals surface area (Å²) in [6.45, 7) is 0.894. The summed E-state index contributed by atoms with van der Waals surface area (Å²) in [5.41, 5.74) is 4.17. The number of carbonyl (C=O) groups is 2. The van der Waals surface area contributed by atoms with Crippen molar-refractivity contribution in [3.05, 3.63) is 29.3 Å². The Morgan fingerprint density at radius 2 is 1.86 bits per heavy atom. The van der Waals surface area contributed by atoms with Crippen LogP contribution in [0.4, 0.5) is 5.69 Å². The van der Waals surface area contributed by atoms with E-state index in [-0.39, 0.29) is 17.9 Å². The summed E-state index contributed by atoms with van der Waals surface area (Å²) < 4.78 is 0. The van der Waals surface area contributed by atoms with E-state index in [4.69, 9.17) is 0 Å². The average molecular weight is 298 g/mol. The summed E-state index contributed by atoms with van der Waals surface area (Å²) in [5, 5.41) is 2.49. The van der Waals surface area contributed by atoms with E-state index in [1.165, 1.54) is 42.5 Å². The van der Waals surface area contributed by atoms with Gasteiger partial charge in [0, 0.05) is 18.7 Å². The van der Waals surface area contributed by atoms with E-state index in [9.17, 15) is 9.59 Å². The summed E-state index contributed by atoms with van der Waals surface area (Å²) in [6, 6.07) is 6.38. The number of fused-ring (bicyclic) bond motifs is 1. The van der Waals surface area contributed by atoms with Gasteiger partial charge in [-0.3, -0.25) is 14.9 Å². The molecule has 4 heteroatoms. The number of amides is 2. The largest absolute Gasteiger partial charge is 0.359 e. The van der Waals surface area contributed by atoms with E-state index in [1.54, 1.807) is 0 Å². The monoisotopic (exact) mass is 298 g/mol. The molecule has 0 spiro atoms. The maximum atomic E-state index is 12.2.